The van der Waals surface area contributed by atoms with Crippen molar-refractivity contribution in [2.75, 3.05) is 0 Å². The first-order valence-corrected chi connectivity index (χ1v) is 6.46. The molecule has 0 aromatic rings. The van der Waals surface area contributed by atoms with Gasteiger partial charge in [0.2, 0.25) is 0 Å². The third-order valence-corrected chi connectivity index (χ3v) is 4.61. The second-order valence-electron chi connectivity index (χ2n) is 6.88. The summed E-state index contributed by atoms with van der Waals surface area (Å²) in [5.41, 5.74) is -0.418. The predicted octanol–water partition coefficient (Wildman–Crippen LogP) is 2.27. The van der Waals surface area contributed by atoms with Crippen LogP contribution < -0.4 is 5.32 Å². The van der Waals surface area contributed by atoms with E-state index >= 15 is 0 Å². The fraction of sp³-hybridized carbons (Fsp3) is 1.00. The molecule has 0 unspecified atom stereocenters. The van der Waals surface area contributed by atoms with Crippen LogP contribution in [0.3, 0.4) is 0 Å². The molecule has 0 aromatic heterocycles. The third-order valence-electron chi connectivity index (χ3n) is 4.61. The summed E-state index contributed by atoms with van der Waals surface area (Å²) < 4.78 is 0. The summed E-state index contributed by atoms with van der Waals surface area (Å²) in [6.07, 6.45) is 8.32. The highest BCUT2D eigenvalue weighted by Gasteiger charge is 2.51. The maximum Gasteiger partial charge on any atom is 0.110 e. The Hall–Kier alpha value is -0.0800. The minimum absolute atomic E-state index is 0.285. The fourth-order valence-electron chi connectivity index (χ4n) is 4.91. The molecule has 2 nitrogen and oxygen atoms in total. The lowest BCUT2D eigenvalue weighted by atomic mass is 9.53. The van der Waals surface area contributed by atoms with E-state index in [0.29, 0.717) is 0 Å². The van der Waals surface area contributed by atoms with Gasteiger partial charge in [0.15, 0.2) is 0 Å². The largest absolute Gasteiger partial charge is 0.376 e. The Balaban J connectivity index is 1.81. The van der Waals surface area contributed by atoms with Crippen molar-refractivity contribution in [1.82, 2.24) is 5.32 Å². The SMILES string of the molecule is CC(C)(O)NC12CC3CC(CC(C3)C1)C2. The van der Waals surface area contributed by atoms with E-state index in [9.17, 15) is 5.11 Å². The van der Waals surface area contributed by atoms with Crippen molar-refractivity contribution in [3.05, 3.63) is 0 Å². The van der Waals surface area contributed by atoms with Gasteiger partial charge in [-0.1, -0.05) is 0 Å². The van der Waals surface area contributed by atoms with Crippen molar-refractivity contribution in [2.24, 2.45) is 17.8 Å². The van der Waals surface area contributed by atoms with Crippen LogP contribution in [0.25, 0.3) is 0 Å². The van der Waals surface area contributed by atoms with E-state index in [-0.39, 0.29) is 5.54 Å². The van der Waals surface area contributed by atoms with Gasteiger partial charge in [-0.2, -0.15) is 0 Å². The molecule has 4 bridgehead atoms. The van der Waals surface area contributed by atoms with E-state index in [1.807, 2.05) is 13.8 Å². The van der Waals surface area contributed by atoms with Gasteiger partial charge in [0, 0.05) is 5.54 Å². The van der Waals surface area contributed by atoms with Crippen LogP contribution in [0.2, 0.25) is 0 Å². The monoisotopic (exact) mass is 209 g/mol. The minimum Gasteiger partial charge on any atom is -0.376 e. The molecule has 4 rings (SSSR count). The van der Waals surface area contributed by atoms with Gasteiger partial charge >= 0.3 is 0 Å². The van der Waals surface area contributed by atoms with Crippen LogP contribution in [0, 0.1) is 17.8 Å². The number of rotatable bonds is 2. The molecule has 0 atom stereocenters. The van der Waals surface area contributed by atoms with Crippen LogP contribution in [-0.4, -0.2) is 16.4 Å². The Bertz CT molecular complexity index is 231. The van der Waals surface area contributed by atoms with Gasteiger partial charge in [0.25, 0.3) is 0 Å². The summed E-state index contributed by atoms with van der Waals surface area (Å²) in [6.45, 7) is 3.76. The Kier molecular flexibility index (Phi) is 2.01. The van der Waals surface area contributed by atoms with Gasteiger partial charge < -0.3 is 5.11 Å². The first-order chi connectivity index (χ1) is 6.94. The number of aliphatic hydroxyl groups is 1. The minimum atomic E-state index is -0.703. The maximum atomic E-state index is 9.97. The lowest BCUT2D eigenvalue weighted by Crippen LogP contribution is -2.63. The van der Waals surface area contributed by atoms with E-state index in [2.05, 4.69) is 5.32 Å². The van der Waals surface area contributed by atoms with Crippen molar-refractivity contribution in [3.63, 3.8) is 0 Å². The molecule has 4 saturated carbocycles. The smallest absolute Gasteiger partial charge is 0.110 e. The van der Waals surface area contributed by atoms with E-state index in [1.165, 1.54) is 38.5 Å². The molecule has 15 heavy (non-hydrogen) atoms. The predicted molar refractivity (Wildman–Crippen MR) is 60.3 cm³/mol. The van der Waals surface area contributed by atoms with E-state index in [4.69, 9.17) is 0 Å². The van der Waals surface area contributed by atoms with Gasteiger partial charge in [-0.15, -0.1) is 0 Å². The Morgan fingerprint density at radius 1 is 1.00 bits per heavy atom. The van der Waals surface area contributed by atoms with Crippen molar-refractivity contribution in [3.8, 4) is 0 Å². The van der Waals surface area contributed by atoms with Crippen LogP contribution in [0.4, 0.5) is 0 Å². The summed E-state index contributed by atoms with van der Waals surface area (Å²) in [5.74, 6) is 2.85. The molecule has 2 N–H and O–H groups in total. The fourth-order valence-corrected chi connectivity index (χ4v) is 4.91. The summed E-state index contributed by atoms with van der Waals surface area (Å²) in [5, 5.41) is 13.5. The van der Waals surface area contributed by atoms with Gasteiger partial charge in [0.05, 0.1) is 0 Å². The quantitative estimate of drug-likeness (QED) is 0.684. The van der Waals surface area contributed by atoms with Gasteiger partial charge in [0.1, 0.15) is 5.72 Å². The normalized spacial score (nSPS) is 48.6. The molecule has 4 fully saturated rings. The standard InChI is InChI=1S/C13H23NO/c1-12(2,15)14-13-6-9-3-10(7-13)5-11(4-9)8-13/h9-11,14-15H,3-8H2,1-2H3. The summed E-state index contributed by atoms with van der Waals surface area (Å²) in [4.78, 5) is 0. The van der Waals surface area contributed by atoms with Crippen LogP contribution in [-0.2, 0) is 0 Å². The Morgan fingerprint density at radius 3 is 1.73 bits per heavy atom. The highest BCUT2D eigenvalue weighted by atomic mass is 16.3. The maximum absolute atomic E-state index is 9.97. The molecule has 86 valence electrons. The molecule has 2 heteroatoms. The zero-order valence-electron chi connectivity index (χ0n) is 9.92. The summed E-state index contributed by atoms with van der Waals surface area (Å²) >= 11 is 0. The van der Waals surface area contributed by atoms with Crippen molar-refractivity contribution in [2.45, 2.75) is 63.6 Å². The first kappa shape index (κ1) is 10.1. The van der Waals surface area contributed by atoms with Crippen LogP contribution in [0.1, 0.15) is 52.4 Å². The van der Waals surface area contributed by atoms with Crippen LogP contribution >= 0.6 is 0 Å². The van der Waals surface area contributed by atoms with Gasteiger partial charge in [-0.05, 0) is 70.1 Å². The third kappa shape index (κ3) is 1.83. The number of hydrogen-bond acceptors (Lipinski definition) is 2. The van der Waals surface area contributed by atoms with Crippen molar-refractivity contribution in [1.29, 1.82) is 0 Å². The number of nitrogens with one attached hydrogen (secondary N) is 1. The van der Waals surface area contributed by atoms with E-state index in [0.717, 1.165) is 17.8 Å². The Morgan fingerprint density at radius 2 is 1.40 bits per heavy atom. The van der Waals surface area contributed by atoms with Crippen molar-refractivity contribution >= 4 is 0 Å². The highest BCUT2D eigenvalue weighted by Crippen LogP contribution is 2.55. The second-order valence-corrected chi connectivity index (χ2v) is 6.88. The molecule has 0 radical (unpaired) electrons. The summed E-state index contributed by atoms with van der Waals surface area (Å²) in [7, 11) is 0. The molecule has 0 aromatic carbocycles. The molecule has 0 aliphatic heterocycles. The average Bonchev–Trinajstić information content (AvgIpc) is 1.94. The Labute approximate surface area is 92.4 Å². The molecule has 4 aliphatic rings. The lowest BCUT2D eigenvalue weighted by molar-refractivity contribution is -0.0750. The van der Waals surface area contributed by atoms with Crippen molar-refractivity contribution < 1.29 is 5.11 Å². The highest BCUT2D eigenvalue weighted by molar-refractivity contribution is 5.07. The molecular formula is C13H23NO. The molecular weight excluding hydrogens is 186 g/mol. The molecule has 0 amide bonds. The van der Waals surface area contributed by atoms with Crippen LogP contribution in [0.5, 0.6) is 0 Å². The zero-order chi connectivity index (χ0) is 10.7. The molecule has 0 saturated heterocycles. The lowest BCUT2D eigenvalue weighted by Gasteiger charge is -2.58. The molecule has 4 aliphatic carbocycles. The molecule has 0 heterocycles. The second kappa shape index (κ2) is 2.98. The van der Waals surface area contributed by atoms with E-state index in [1.54, 1.807) is 0 Å². The topological polar surface area (TPSA) is 32.3 Å². The average molecular weight is 209 g/mol. The molecule has 0 spiro atoms. The van der Waals surface area contributed by atoms with Crippen LogP contribution in [0.15, 0.2) is 0 Å². The van der Waals surface area contributed by atoms with Gasteiger partial charge in [-0.25, -0.2) is 0 Å². The van der Waals surface area contributed by atoms with Gasteiger partial charge in [-0.3, -0.25) is 5.32 Å². The number of hydrogen-bond donors (Lipinski definition) is 2. The first-order valence-electron chi connectivity index (χ1n) is 6.46. The zero-order valence-corrected chi connectivity index (χ0v) is 9.92. The summed E-state index contributed by atoms with van der Waals surface area (Å²) in [6, 6.07) is 0. The van der Waals surface area contributed by atoms with E-state index < -0.39 is 5.72 Å².